The quantitative estimate of drug-likeness (QED) is 0.147. The van der Waals surface area contributed by atoms with Crippen molar-refractivity contribution in [1.29, 1.82) is 0 Å². The summed E-state index contributed by atoms with van der Waals surface area (Å²) < 4.78 is 4.82. The first-order valence-electron chi connectivity index (χ1n) is 16.1. The van der Waals surface area contributed by atoms with Crippen LogP contribution in [-0.4, -0.2) is 44.9 Å². The Morgan fingerprint density at radius 3 is 1.74 bits per heavy atom. The summed E-state index contributed by atoms with van der Waals surface area (Å²) in [5, 5.41) is 5.34. The standard InChI is InChI=1S/3C7H5NS.3C6H4N2S/c1-2-7-6(8-4-1)3-5-9-7;1-2-6-3-5-9-7(6)8-4-1;1-2-4-7-6(3-1)8-5-9-7;1-2-7-3-6-5(1)8-4-9-6;1-2-5-6(7-3-1)8-4-9-5;1-2-5-6(7-3-1)9-4-8-5/h3*1-5H;3*1-4H. The molecule has 0 spiro atoms. The first kappa shape index (κ1) is 36.8. The highest BCUT2D eigenvalue weighted by atomic mass is 32.1. The molecule has 0 amide bonds. The minimum atomic E-state index is 0.850. The van der Waals surface area contributed by atoms with Gasteiger partial charge in [-0.05, 0) is 83.6 Å². The normalized spacial score (nSPS) is 10.2. The van der Waals surface area contributed by atoms with E-state index in [9.17, 15) is 0 Å². The van der Waals surface area contributed by atoms with Gasteiger partial charge in [0.25, 0.3) is 0 Å². The van der Waals surface area contributed by atoms with Crippen molar-refractivity contribution in [2.45, 2.75) is 0 Å². The number of hydrogen-bond acceptors (Lipinski definition) is 15. The summed E-state index contributed by atoms with van der Waals surface area (Å²) >= 11 is 9.87. The van der Waals surface area contributed by atoms with Crippen molar-refractivity contribution < 1.29 is 0 Å². The first-order valence-corrected chi connectivity index (χ1v) is 21.3. The van der Waals surface area contributed by atoms with E-state index in [4.69, 9.17) is 0 Å². The molecule has 11 heterocycles. The Morgan fingerprint density at radius 2 is 0.926 bits per heavy atom. The number of benzene rings is 1. The van der Waals surface area contributed by atoms with E-state index in [0.717, 1.165) is 46.8 Å². The zero-order valence-electron chi connectivity index (χ0n) is 28.1. The van der Waals surface area contributed by atoms with Crippen LogP contribution >= 0.6 is 68.0 Å². The molecule has 12 aromatic rings. The smallest absolute Gasteiger partial charge is 0.170 e. The second-order valence-electron chi connectivity index (χ2n) is 10.5. The van der Waals surface area contributed by atoms with Gasteiger partial charge in [-0.15, -0.1) is 68.0 Å². The highest BCUT2D eigenvalue weighted by molar-refractivity contribution is 7.18. The van der Waals surface area contributed by atoms with Gasteiger partial charge in [0.05, 0.1) is 62.9 Å². The van der Waals surface area contributed by atoms with Crippen LogP contribution in [0.4, 0.5) is 0 Å². The Morgan fingerprint density at radius 1 is 0.333 bits per heavy atom. The van der Waals surface area contributed by atoms with Gasteiger partial charge in [0.2, 0.25) is 0 Å². The zero-order valence-corrected chi connectivity index (χ0v) is 33.0. The Hall–Kier alpha value is -5.55. The van der Waals surface area contributed by atoms with Crippen LogP contribution in [0, 0.1) is 0 Å². The molecule has 0 aliphatic rings. The summed E-state index contributed by atoms with van der Waals surface area (Å²) in [6, 6.07) is 30.0. The predicted molar refractivity (Wildman–Crippen MR) is 231 cm³/mol. The van der Waals surface area contributed by atoms with Crippen LogP contribution in [0.3, 0.4) is 0 Å². The molecular formula is C39H27N9S6. The van der Waals surface area contributed by atoms with E-state index < -0.39 is 0 Å². The third-order valence-corrected chi connectivity index (χ3v) is 11.9. The molecular weight excluding hydrogens is 787 g/mol. The molecule has 0 radical (unpaired) electrons. The van der Waals surface area contributed by atoms with Crippen LogP contribution in [0.2, 0.25) is 0 Å². The third kappa shape index (κ3) is 10.3. The number of para-hydroxylation sites is 1. The minimum Gasteiger partial charge on any atom is -0.263 e. The van der Waals surface area contributed by atoms with Crippen LogP contribution in [0.15, 0.2) is 161 Å². The number of aromatic nitrogens is 9. The van der Waals surface area contributed by atoms with Crippen molar-refractivity contribution in [3.63, 3.8) is 0 Å². The molecule has 0 bridgehead atoms. The van der Waals surface area contributed by atoms with Crippen LogP contribution in [0.5, 0.6) is 0 Å². The van der Waals surface area contributed by atoms with E-state index in [1.54, 1.807) is 97.6 Å². The fourth-order valence-electron chi connectivity index (χ4n) is 4.52. The van der Waals surface area contributed by atoms with E-state index in [1.165, 1.54) is 14.8 Å². The molecule has 0 saturated carbocycles. The first-order chi connectivity index (χ1) is 26.8. The summed E-state index contributed by atoms with van der Waals surface area (Å²) in [7, 11) is 0. The second kappa shape index (κ2) is 19.5. The fraction of sp³-hybridized carbons (Fsp3) is 0. The Bertz CT molecular complexity index is 2220. The maximum atomic E-state index is 4.16. The number of fused-ring (bicyclic) bond motifs is 6. The number of thiazole rings is 4. The average Bonchev–Trinajstić information content (AvgIpc) is 4.09. The second-order valence-corrected chi connectivity index (χ2v) is 15.8. The topological polar surface area (TPSA) is 116 Å². The number of nitrogens with zero attached hydrogens (tertiary/aromatic N) is 9. The molecule has 0 fully saturated rings. The van der Waals surface area contributed by atoms with Crippen molar-refractivity contribution in [3.8, 4) is 0 Å². The maximum Gasteiger partial charge on any atom is 0.170 e. The third-order valence-electron chi connectivity index (χ3n) is 7.03. The lowest BCUT2D eigenvalue weighted by Crippen LogP contribution is -1.70. The molecule has 0 atom stereocenters. The summed E-state index contributed by atoms with van der Waals surface area (Å²) in [6.45, 7) is 0. The molecule has 0 unspecified atom stereocenters. The summed E-state index contributed by atoms with van der Waals surface area (Å²) in [5.41, 5.74) is 12.4. The lowest BCUT2D eigenvalue weighted by atomic mass is 10.3. The molecule has 0 aliphatic heterocycles. The number of pyridine rings is 5. The van der Waals surface area contributed by atoms with Crippen molar-refractivity contribution in [2.24, 2.45) is 0 Å². The van der Waals surface area contributed by atoms with Crippen molar-refractivity contribution >= 4 is 130 Å². The molecule has 54 heavy (non-hydrogen) atoms. The van der Waals surface area contributed by atoms with Crippen LogP contribution in [-0.2, 0) is 0 Å². The van der Waals surface area contributed by atoms with Crippen LogP contribution < -0.4 is 0 Å². The molecule has 0 N–H and O–H groups in total. The fourth-order valence-corrected chi connectivity index (χ4v) is 8.59. The Balaban J connectivity index is 0.0000001000. The average molecular weight is 814 g/mol. The predicted octanol–water partition coefficient (Wildman–Crippen LogP) is 12.0. The van der Waals surface area contributed by atoms with Gasteiger partial charge >= 0.3 is 0 Å². The summed E-state index contributed by atoms with van der Waals surface area (Å²) in [6.07, 6.45) is 10.7. The van der Waals surface area contributed by atoms with Gasteiger partial charge in [-0.1, -0.05) is 18.2 Å². The van der Waals surface area contributed by atoms with Crippen molar-refractivity contribution in [3.05, 3.63) is 161 Å². The largest absolute Gasteiger partial charge is 0.263 e. The van der Waals surface area contributed by atoms with E-state index in [0.29, 0.717) is 0 Å². The van der Waals surface area contributed by atoms with Gasteiger partial charge in [0.15, 0.2) is 5.65 Å². The Kier molecular flexibility index (Phi) is 13.3. The van der Waals surface area contributed by atoms with E-state index in [2.05, 4.69) is 79.9 Å². The van der Waals surface area contributed by atoms with Gasteiger partial charge in [-0.3, -0.25) is 9.97 Å². The van der Waals surface area contributed by atoms with Crippen molar-refractivity contribution in [2.75, 3.05) is 0 Å². The molecule has 1 aromatic carbocycles. The van der Waals surface area contributed by atoms with Crippen molar-refractivity contribution in [1.82, 2.24) is 44.9 Å². The van der Waals surface area contributed by atoms with Crippen LogP contribution in [0.25, 0.3) is 61.6 Å². The number of hydrogen-bond donors (Lipinski definition) is 0. The van der Waals surface area contributed by atoms with E-state index >= 15 is 0 Å². The van der Waals surface area contributed by atoms with Gasteiger partial charge < -0.3 is 0 Å². The molecule has 264 valence electrons. The Labute approximate surface area is 333 Å². The highest BCUT2D eigenvalue weighted by Gasteiger charge is 1.94. The lowest BCUT2D eigenvalue weighted by Gasteiger charge is -1.81. The van der Waals surface area contributed by atoms with E-state index in [-0.39, 0.29) is 0 Å². The van der Waals surface area contributed by atoms with Gasteiger partial charge in [0.1, 0.15) is 9.66 Å². The van der Waals surface area contributed by atoms with Gasteiger partial charge in [-0.2, -0.15) is 0 Å². The summed E-state index contributed by atoms with van der Waals surface area (Å²) in [4.78, 5) is 38.9. The SMILES string of the molecule is c1cc2ncsc2cn1.c1ccc2scnc2c1.c1cnc2ccsc2c1.c1cnc2ncsc2c1.c1cnc2sccc2c1.c1cnc2scnc2c1. The number of rotatable bonds is 0. The van der Waals surface area contributed by atoms with Crippen LogP contribution in [0.1, 0.15) is 0 Å². The monoisotopic (exact) mass is 813 g/mol. The minimum absolute atomic E-state index is 0.850. The van der Waals surface area contributed by atoms with E-state index in [1.807, 2.05) is 96.3 Å². The zero-order chi connectivity index (χ0) is 36.6. The molecule has 11 aromatic heterocycles. The lowest BCUT2D eigenvalue weighted by molar-refractivity contribution is 1.33. The highest BCUT2D eigenvalue weighted by Crippen LogP contribution is 2.18. The number of thiophene rings is 2. The molecule has 12 rings (SSSR count). The molecule has 0 aliphatic carbocycles. The summed E-state index contributed by atoms with van der Waals surface area (Å²) in [5.74, 6) is 0. The molecule has 0 saturated heterocycles. The maximum absolute atomic E-state index is 4.16. The molecule has 15 heteroatoms. The van der Waals surface area contributed by atoms with Gasteiger partial charge in [-0.25, -0.2) is 34.9 Å². The van der Waals surface area contributed by atoms with Gasteiger partial charge in [0, 0.05) is 42.6 Å². The molecule has 9 nitrogen and oxygen atoms in total.